The predicted molar refractivity (Wildman–Crippen MR) is 65.3 cm³/mol. The third kappa shape index (κ3) is 4.14. The van der Waals surface area contributed by atoms with Crippen molar-refractivity contribution >= 4 is 5.96 Å². The van der Waals surface area contributed by atoms with Gasteiger partial charge < -0.3 is 16.1 Å². The van der Waals surface area contributed by atoms with Gasteiger partial charge in [0.05, 0.1) is 5.54 Å². The van der Waals surface area contributed by atoms with E-state index >= 15 is 0 Å². The zero-order valence-corrected chi connectivity index (χ0v) is 10.6. The summed E-state index contributed by atoms with van der Waals surface area (Å²) in [5, 5.41) is 10.6. The van der Waals surface area contributed by atoms with Crippen molar-refractivity contribution in [2.45, 2.75) is 39.3 Å². The van der Waals surface area contributed by atoms with E-state index in [4.69, 9.17) is 5.84 Å². The molecule has 6 heteroatoms. The summed E-state index contributed by atoms with van der Waals surface area (Å²) < 4.78 is 0. The molecule has 0 aliphatic carbocycles. The van der Waals surface area contributed by atoms with Crippen LogP contribution in [0.1, 0.15) is 27.7 Å². The van der Waals surface area contributed by atoms with Crippen LogP contribution in [0.2, 0.25) is 0 Å². The lowest BCUT2D eigenvalue weighted by Gasteiger charge is -2.33. The first-order valence-corrected chi connectivity index (χ1v) is 5.61. The van der Waals surface area contributed by atoms with Gasteiger partial charge in [0.15, 0.2) is 0 Å². The Kier molecular flexibility index (Phi) is 4.23. The van der Waals surface area contributed by atoms with Crippen LogP contribution in [0, 0.1) is 0 Å². The maximum absolute atomic E-state index is 5.12. The second-order valence-electron chi connectivity index (χ2n) is 5.10. The van der Waals surface area contributed by atoms with Gasteiger partial charge in [-0.3, -0.25) is 0 Å². The van der Waals surface area contributed by atoms with Crippen LogP contribution < -0.4 is 11.2 Å². The van der Waals surface area contributed by atoms with Crippen LogP contribution in [0.3, 0.4) is 0 Å². The SMILES string of the molecule is C[C@@H]1CN(C(=NC(C)(C)C)/N=N\N)CCN1. The van der Waals surface area contributed by atoms with Gasteiger partial charge in [0.2, 0.25) is 5.96 Å². The van der Waals surface area contributed by atoms with Gasteiger partial charge in [0.1, 0.15) is 0 Å². The van der Waals surface area contributed by atoms with Crippen molar-refractivity contribution in [1.29, 1.82) is 0 Å². The predicted octanol–water partition coefficient (Wildman–Crippen LogP) is 0.761. The van der Waals surface area contributed by atoms with E-state index in [1.165, 1.54) is 0 Å². The van der Waals surface area contributed by atoms with Crippen LogP contribution in [0.5, 0.6) is 0 Å². The summed E-state index contributed by atoms with van der Waals surface area (Å²) >= 11 is 0. The monoisotopic (exact) mass is 226 g/mol. The molecule has 6 nitrogen and oxygen atoms in total. The third-order valence-corrected chi connectivity index (χ3v) is 2.23. The standard InChI is InChI=1S/C10H22N6/c1-8-7-16(6-5-12-8)9(14-15-11)13-10(2,3)4/h8,12H,5-7H2,1-4H3,(H2,11,13,14)/t8-/m1/s1. The molecule has 1 rings (SSSR count). The maximum atomic E-state index is 5.12. The minimum atomic E-state index is -0.169. The summed E-state index contributed by atoms with van der Waals surface area (Å²) in [7, 11) is 0. The van der Waals surface area contributed by atoms with Crippen LogP contribution in [-0.4, -0.2) is 42.1 Å². The molecule has 0 amide bonds. The van der Waals surface area contributed by atoms with E-state index < -0.39 is 0 Å². The second-order valence-corrected chi connectivity index (χ2v) is 5.10. The Labute approximate surface area is 97.0 Å². The average molecular weight is 226 g/mol. The van der Waals surface area contributed by atoms with E-state index in [0.29, 0.717) is 12.0 Å². The molecule has 1 saturated heterocycles. The molecule has 0 spiro atoms. The van der Waals surface area contributed by atoms with Crippen LogP contribution in [0.15, 0.2) is 15.3 Å². The highest BCUT2D eigenvalue weighted by Gasteiger charge is 2.21. The summed E-state index contributed by atoms with van der Waals surface area (Å²) in [6.07, 6.45) is 0. The van der Waals surface area contributed by atoms with Crippen molar-refractivity contribution in [2.24, 2.45) is 21.2 Å². The molecule has 92 valence electrons. The number of hydrogen-bond acceptors (Lipinski definition) is 3. The normalized spacial score (nSPS) is 24.1. The maximum Gasteiger partial charge on any atom is 0.243 e. The van der Waals surface area contributed by atoms with Crippen molar-refractivity contribution < 1.29 is 0 Å². The lowest BCUT2D eigenvalue weighted by molar-refractivity contribution is 0.297. The fraction of sp³-hybridized carbons (Fsp3) is 0.900. The third-order valence-electron chi connectivity index (χ3n) is 2.23. The molecule has 0 unspecified atom stereocenters. The van der Waals surface area contributed by atoms with Gasteiger partial charge in [-0.05, 0) is 27.7 Å². The summed E-state index contributed by atoms with van der Waals surface area (Å²) in [4.78, 5) is 6.64. The fourth-order valence-electron chi connectivity index (χ4n) is 1.62. The summed E-state index contributed by atoms with van der Waals surface area (Å²) in [5.41, 5.74) is -0.169. The molecule has 1 heterocycles. The highest BCUT2D eigenvalue weighted by atomic mass is 15.4. The lowest BCUT2D eigenvalue weighted by atomic mass is 10.1. The molecule has 16 heavy (non-hydrogen) atoms. The summed E-state index contributed by atoms with van der Waals surface area (Å²) in [5.74, 6) is 5.75. The minimum absolute atomic E-state index is 0.169. The first kappa shape index (κ1) is 12.9. The topological polar surface area (TPSA) is 78.4 Å². The molecule has 0 aromatic carbocycles. The molecule has 0 radical (unpaired) electrons. The fourth-order valence-corrected chi connectivity index (χ4v) is 1.62. The lowest BCUT2D eigenvalue weighted by Crippen LogP contribution is -2.51. The largest absolute Gasteiger partial charge is 0.337 e. The molecule has 0 bridgehead atoms. The number of rotatable bonds is 0. The first-order chi connectivity index (χ1) is 7.42. The summed E-state index contributed by atoms with van der Waals surface area (Å²) in [6.45, 7) is 10.9. The molecule has 1 fully saturated rings. The van der Waals surface area contributed by atoms with Crippen LogP contribution in [0.25, 0.3) is 0 Å². The van der Waals surface area contributed by atoms with Gasteiger partial charge in [-0.15, -0.1) is 0 Å². The van der Waals surface area contributed by atoms with E-state index in [1.807, 2.05) is 20.8 Å². The molecule has 1 atom stereocenters. The number of nitrogens with two attached hydrogens (primary N) is 1. The highest BCUT2D eigenvalue weighted by Crippen LogP contribution is 2.10. The van der Waals surface area contributed by atoms with Gasteiger partial charge in [-0.2, -0.15) is 0 Å². The average Bonchev–Trinajstić information content (AvgIpc) is 2.15. The molecular formula is C10H22N6. The summed E-state index contributed by atoms with van der Waals surface area (Å²) in [6, 6.07) is 0.437. The number of aliphatic imine (C=N–C) groups is 1. The second kappa shape index (κ2) is 5.25. The van der Waals surface area contributed by atoms with Crippen molar-refractivity contribution in [3.05, 3.63) is 0 Å². The van der Waals surface area contributed by atoms with Crippen LogP contribution >= 0.6 is 0 Å². The molecular weight excluding hydrogens is 204 g/mol. The van der Waals surface area contributed by atoms with E-state index in [2.05, 4.69) is 32.5 Å². The van der Waals surface area contributed by atoms with Gasteiger partial charge in [0.25, 0.3) is 0 Å². The molecule has 3 N–H and O–H groups in total. The van der Waals surface area contributed by atoms with E-state index in [-0.39, 0.29) is 5.54 Å². The Morgan fingerprint density at radius 3 is 2.62 bits per heavy atom. The Morgan fingerprint density at radius 1 is 1.44 bits per heavy atom. The van der Waals surface area contributed by atoms with Crippen molar-refractivity contribution in [3.63, 3.8) is 0 Å². The smallest absolute Gasteiger partial charge is 0.243 e. The highest BCUT2D eigenvalue weighted by molar-refractivity contribution is 5.80. The Hall–Kier alpha value is -1.17. The van der Waals surface area contributed by atoms with E-state index in [0.717, 1.165) is 19.6 Å². The van der Waals surface area contributed by atoms with Gasteiger partial charge in [-0.1, -0.05) is 10.3 Å². The number of guanidine groups is 1. The first-order valence-electron chi connectivity index (χ1n) is 5.61. The zero-order chi connectivity index (χ0) is 12.2. The van der Waals surface area contributed by atoms with Crippen LogP contribution in [0.4, 0.5) is 0 Å². The molecule has 0 aromatic heterocycles. The molecule has 1 aliphatic heterocycles. The van der Waals surface area contributed by atoms with E-state index in [9.17, 15) is 0 Å². The number of nitrogens with zero attached hydrogens (tertiary/aromatic N) is 4. The number of nitrogens with one attached hydrogen (secondary N) is 1. The Balaban J connectivity index is 2.81. The number of hydrogen-bond donors (Lipinski definition) is 2. The van der Waals surface area contributed by atoms with Gasteiger partial charge >= 0.3 is 0 Å². The van der Waals surface area contributed by atoms with Crippen molar-refractivity contribution in [3.8, 4) is 0 Å². The molecule has 0 aromatic rings. The van der Waals surface area contributed by atoms with Gasteiger partial charge in [0, 0.05) is 25.7 Å². The van der Waals surface area contributed by atoms with Crippen molar-refractivity contribution in [2.75, 3.05) is 19.6 Å². The zero-order valence-electron chi connectivity index (χ0n) is 10.6. The number of piperazine rings is 1. The Bertz CT molecular complexity index is 278. The molecule has 1 aliphatic rings. The molecule has 0 saturated carbocycles. The Morgan fingerprint density at radius 2 is 2.12 bits per heavy atom. The van der Waals surface area contributed by atoms with Crippen molar-refractivity contribution in [1.82, 2.24) is 10.2 Å². The van der Waals surface area contributed by atoms with E-state index in [1.54, 1.807) is 0 Å². The van der Waals surface area contributed by atoms with Gasteiger partial charge in [-0.25, -0.2) is 4.99 Å². The van der Waals surface area contributed by atoms with Crippen LogP contribution in [-0.2, 0) is 0 Å². The quantitative estimate of drug-likeness (QED) is 0.210. The minimum Gasteiger partial charge on any atom is -0.337 e.